The summed E-state index contributed by atoms with van der Waals surface area (Å²) in [6.07, 6.45) is -0.0873. The molecule has 0 aliphatic heterocycles. The summed E-state index contributed by atoms with van der Waals surface area (Å²) in [7, 11) is 1.25. The Kier molecular flexibility index (Phi) is 2.91. The van der Waals surface area contributed by atoms with Gasteiger partial charge < -0.3 is 9.72 Å². The summed E-state index contributed by atoms with van der Waals surface area (Å²) < 4.78 is 18.0. The van der Waals surface area contributed by atoms with Crippen LogP contribution in [0.4, 0.5) is 4.39 Å². The molecule has 0 aliphatic rings. The monoisotopic (exact) mass is 235 g/mol. The predicted octanol–water partition coefficient (Wildman–Crippen LogP) is 1.38. The Bertz CT molecular complexity index is 633. The number of aromatic amines is 1. The number of esters is 1. The predicted molar refractivity (Wildman–Crippen MR) is 60.2 cm³/mol. The number of rotatable bonds is 2. The van der Waals surface area contributed by atoms with Crippen molar-refractivity contribution in [3.63, 3.8) is 0 Å². The Morgan fingerprint density at radius 2 is 2.24 bits per heavy atom. The van der Waals surface area contributed by atoms with Gasteiger partial charge in [0.05, 0.1) is 19.0 Å². The summed E-state index contributed by atoms with van der Waals surface area (Å²) in [5.74, 6) is -1.01. The molecule has 2 aromatic rings. The highest BCUT2D eigenvalue weighted by molar-refractivity contribution is 5.80. The smallest absolute Gasteiger partial charge is 0.311 e. The lowest BCUT2D eigenvalue weighted by Crippen LogP contribution is -2.11. The van der Waals surface area contributed by atoms with E-state index in [1.165, 1.54) is 31.4 Å². The minimum atomic E-state index is -0.522. The van der Waals surface area contributed by atoms with Gasteiger partial charge in [-0.3, -0.25) is 9.59 Å². The summed E-state index contributed by atoms with van der Waals surface area (Å²) in [5, 5.41) is 0.263. The number of hydrogen-bond acceptors (Lipinski definition) is 3. The highest BCUT2D eigenvalue weighted by Gasteiger charge is 2.09. The minimum absolute atomic E-state index is 0.0873. The first kappa shape index (κ1) is 11.3. The van der Waals surface area contributed by atoms with Gasteiger partial charge in [-0.25, -0.2) is 4.39 Å². The average Bonchev–Trinajstić information content (AvgIpc) is 2.30. The maximum Gasteiger partial charge on any atom is 0.311 e. The SMILES string of the molecule is COC(=O)Cc1cc(=O)c2cccc(F)c2[nH]1. The number of halogens is 1. The van der Waals surface area contributed by atoms with Crippen LogP contribution in [-0.2, 0) is 16.0 Å². The molecule has 0 saturated heterocycles. The van der Waals surface area contributed by atoms with Crippen molar-refractivity contribution in [3.05, 3.63) is 46.0 Å². The van der Waals surface area contributed by atoms with Crippen LogP contribution in [-0.4, -0.2) is 18.1 Å². The van der Waals surface area contributed by atoms with Crippen LogP contribution in [0.25, 0.3) is 10.9 Å². The maximum absolute atomic E-state index is 13.5. The third kappa shape index (κ3) is 2.18. The lowest BCUT2D eigenvalue weighted by atomic mass is 10.1. The molecule has 88 valence electrons. The highest BCUT2D eigenvalue weighted by Crippen LogP contribution is 2.12. The second-order valence-electron chi connectivity index (χ2n) is 3.57. The number of hydrogen-bond donors (Lipinski definition) is 1. The van der Waals surface area contributed by atoms with Crippen LogP contribution >= 0.6 is 0 Å². The molecule has 5 heteroatoms. The number of fused-ring (bicyclic) bond motifs is 1. The van der Waals surface area contributed by atoms with E-state index in [2.05, 4.69) is 9.72 Å². The quantitative estimate of drug-likeness (QED) is 0.800. The first-order valence-electron chi connectivity index (χ1n) is 4.99. The zero-order valence-corrected chi connectivity index (χ0v) is 9.12. The van der Waals surface area contributed by atoms with E-state index < -0.39 is 11.8 Å². The van der Waals surface area contributed by atoms with Gasteiger partial charge in [-0.1, -0.05) is 6.07 Å². The Balaban J connectivity index is 2.58. The summed E-state index contributed by atoms with van der Waals surface area (Å²) >= 11 is 0. The van der Waals surface area contributed by atoms with Crippen LogP contribution in [0.3, 0.4) is 0 Å². The van der Waals surface area contributed by atoms with Gasteiger partial charge in [-0.15, -0.1) is 0 Å². The molecule has 0 fully saturated rings. The topological polar surface area (TPSA) is 59.2 Å². The van der Waals surface area contributed by atoms with E-state index in [1.54, 1.807) is 0 Å². The molecule has 0 unspecified atom stereocenters. The van der Waals surface area contributed by atoms with Crippen molar-refractivity contribution in [2.24, 2.45) is 0 Å². The number of pyridine rings is 1. The molecule has 17 heavy (non-hydrogen) atoms. The van der Waals surface area contributed by atoms with E-state index in [-0.39, 0.29) is 22.8 Å². The Hall–Kier alpha value is -2.17. The number of carbonyl (C=O) groups excluding carboxylic acids is 1. The van der Waals surface area contributed by atoms with E-state index in [4.69, 9.17) is 0 Å². The first-order chi connectivity index (χ1) is 8.11. The van der Waals surface area contributed by atoms with Crippen LogP contribution in [0.2, 0.25) is 0 Å². The molecule has 1 heterocycles. The highest BCUT2D eigenvalue weighted by atomic mass is 19.1. The number of H-pyrrole nitrogens is 1. The van der Waals surface area contributed by atoms with Crippen LogP contribution in [0.1, 0.15) is 5.69 Å². The van der Waals surface area contributed by atoms with E-state index in [0.717, 1.165) is 0 Å². The van der Waals surface area contributed by atoms with Crippen molar-refractivity contribution in [1.29, 1.82) is 0 Å². The Morgan fingerprint density at radius 3 is 2.94 bits per heavy atom. The summed E-state index contributed by atoms with van der Waals surface area (Å²) in [5.41, 5.74) is 0.121. The van der Waals surface area contributed by atoms with Crippen LogP contribution < -0.4 is 5.43 Å². The minimum Gasteiger partial charge on any atom is -0.469 e. The van der Waals surface area contributed by atoms with Crippen molar-refractivity contribution in [2.75, 3.05) is 7.11 Å². The van der Waals surface area contributed by atoms with Crippen LogP contribution in [0.15, 0.2) is 29.1 Å². The number of carbonyl (C=O) groups is 1. The second-order valence-corrected chi connectivity index (χ2v) is 3.57. The fourth-order valence-electron chi connectivity index (χ4n) is 1.61. The molecular formula is C12H10FNO3. The van der Waals surface area contributed by atoms with E-state index in [1.807, 2.05) is 0 Å². The molecule has 0 bridgehead atoms. The molecule has 4 nitrogen and oxygen atoms in total. The Labute approximate surface area is 96.0 Å². The molecule has 0 saturated carbocycles. The molecule has 0 amide bonds. The van der Waals surface area contributed by atoms with Gasteiger partial charge in [0, 0.05) is 17.1 Å². The molecule has 1 aromatic carbocycles. The van der Waals surface area contributed by atoms with Gasteiger partial charge in [0.1, 0.15) is 5.82 Å². The van der Waals surface area contributed by atoms with Gasteiger partial charge in [0.15, 0.2) is 5.43 Å². The molecule has 0 atom stereocenters. The second kappa shape index (κ2) is 4.37. The largest absolute Gasteiger partial charge is 0.469 e. The molecular weight excluding hydrogens is 225 g/mol. The molecule has 0 aliphatic carbocycles. The van der Waals surface area contributed by atoms with Gasteiger partial charge in [0.2, 0.25) is 0 Å². The van der Waals surface area contributed by atoms with Crippen molar-refractivity contribution in [3.8, 4) is 0 Å². The fraction of sp³-hybridized carbons (Fsp3) is 0.167. The van der Waals surface area contributed by atoms with Gasteiger partial charge >= 0.3 is 5.97 Å². The van der Waals surface area contributed by atoms with Crippen molar-refractivity contribution in [2.45, 2.75) is 6.42 Å². The number of methoxy groups -OCH3 is 1. The summed E-state index contributed by atoms with van der Waals surface area (Å²) in [4.78, 5) is 25.5. The molecule has 2 rings (SSSR count). The van der Waals surface area contributed by atoms with Crippen molar-refractivity contribution in [1.82, 2.24) is 4.98 Å². The number of nitrogens with one attached hydrogen (secondary N) is 1. The Morgan fingerprint density at radius 1 is 1.47 bits per heavy atom. The zero-order chi connectivity index (χ0) is 12.4. The normalized spacial score (nSPS) is 10.5. The number of ether oxygens (including phenoxy) is 1. The van der Waals surface area contributed by atoms with Gasteiger partial charge in [-0.2, -0.15) is 0 Å². The lowest BCUT2D eigenvalue weighted by molar-refractivity contribution is -0.139. The third-order valence-corrected chi connectivity index (χ3v) is 2.43. The average molecular weight is 235 g/mol. The number of benzene rings is 1. The molecule has 0 spiro atoms. The molecule has 1 N–H and O–H groups in total. The van der Waals surface area contributed by atoms with Gasteiger partial charge in [0.25, 0.3) is 0 Å². The standard InChI is InChI=1S/C12H10FNO3/c1-17-11(16)6-7-5-10(15)8-3-2-4-9(13)12(8)14-7/h2-5H,6H2,1H3,(H,14,15). The van der Waals surface area contributed by atoms with Crippen molar-refractivity contribution >= 4 is 16.9 Å². The summed E-state index contributed by atoms with van der Waals surface area (Å²) in [6, 6.07) is 5.52. The van der Waals surface area contributed by atoms with E-state index in [0.29, 0.717) is 5.69 Å². The maximum atomic E-state index is 13.5. The van der Waals surface area contributed by atoms with Crippen molar-refractivity contribution < 1.29 is 13.9 Å². The third-order valence-electron chi connectivity index (χ3n) is 2.43. The summed E-state index contributed by atoms with van der Waals surface area (Å²) in [6.45, 7) is 0. The van der Waals surface area contributed by atoms with Crippen LogP contribution in [0, 0.1) is 5.82 Å². The van der Waals surface area contributed by atoms with Crippen LogP contribution in [0.5, 0.6) is 0 Å². The van der Waals surface area contributed by atoms with E-state index >= 15 is 0 Å². The number of para-hydroxylation sites is 1. The van der Waals surface area contributed by atoms with E-state index in [9.17, 15) is 14.0 Å². The fourth-order valence-corrected chi connectivity index (χ4v) is 1.61. The zero-order valence-electron chi connectivity index (χ0n) is 9.12. The molecule has 0 radical (unpaired) electrons. The lowest BCUT2D eigenvalue weighted by Gasteiger charge is -2.04. The number of aromatic nitrogens is 1. The first-order valence-corrected chi connectivity index (χ1v) is 4.99. The molecule has 1 aromatic heterocycles. The van der Waals surface area contributed by atoms with Gasteiger partial charge in [-0.05, 0) is 12.1 Å².